The van der Waals surface area contributed by atoms with Crippen LogP contribution in [0.4, 0.5) is 4.79 Å². The molecule has 0 spiro atoms. The fourth-order valence-corrected chi connectivity index (χ4v) is 2.57. The van der Waals surface area contributed by atoms with Crippen LogP contribution in [0.15, 0.2) is 17.8 Å². The van der Waals surface area contributed by atoms with E-state index in [9.17, 15) is 9.59 Å². The van der Waals surface area contributed by atoms with Gasteiger partial charge in [0.15, 0.2) is 11.5 Å². The SMILES string of the molecule is COc1cc(C=C2NC(=O)NC2=O)cc(I)c1OC(C)C. The van der Waals surface area contributed by atoms with Gasteiger partial charge in [0.25, 0.3) is 5.91 Å². The first-order valence-electron chi connectivity index (χ1n) is 6.29. The lowest BCUT2D eigenvalue weighted by Gasteiger charge is -2.16. The van der Waals surface area contributed by atoms with E-state index in [1.54, 1.807) is 19.3 Å². The summed E-state index contributed by atoms with van der Waals surface area (Å²) in [6.07, 6.45) is 1.61. The molecule has 0 radical (unpaired) electrons. The molecule has 2 rings (SSSR count). The van der Waals surface area contributed by atoms with Gasteiger partial charge in [0.2, 0.25) is 0 Å². The quantitative estimate of drug-likeness (QED) is 0.460. The number of halogens is 1. The molecule has 1 saturated heterocycles. The first-order chi connectivity index (χ1) is 9.90. The summed E-state index contributed by atoms with van der Waals surface area (Å²) in [5.74, 6) is 0.791. The van der Waals surface area contributed by atoms with Gasteiger partial charge in [-0.1, -0.05) is 0 Å². The topological polar surface area (TPSA) is 76.7 Å². The largest absolute Gasteiger partial charge is 0.493 e. The van der Waals surface area contributed by atoms with Gasteiger partial charge in [0.1, 0.15) is 5.70 Å². The third-order valence-corrected chi connectivity index (χ3v) is 3.44. The van der Waals surface area contributed by atoms with Gasteiger partial charge in [-0.05, 0) is 60.2 Å². The zero-order valence-corrected chi connectivity index (χ0v) is 14.0. The second kappa shape index (κ2) is 6.33. The third-order valence-electron chi connectivity index (χ3n) is 2.64. The highest BCUT2D eigenvalue weighted by molar-refractivity contribution is 14.1. The Morgan fingerprint density at radius 3 is 2.48 bits per heavy atom. The number of amides is 3. The smallest absolute Gasteiger partial charge is 0.326 e. The number of carbonyl (C=O) groups is 2. The van der Waals surface area contributed by atoms with Gasteiger partial charge in [0, 0.05) is 0 Å². The van der Waals surface area contributed by atoms with Crippen molar-refractivity contribution >= 4 is 40.6 Å². The van der Waals surface area contributed by atoms with Crippen LogP contribution in [0.5, 0.6) is 11.5 Å². The molecule has 0 bridgehead atoms. The van der Waals surface area contributed by atoms with Crippen LogP contribution in [0.2, 0.25) is 0 Å². The van der Waals surface area contributed by atoms with Crippen LogP contribution in [-0.4, -0.2) is 25.2 Å². The standard InChI is InChI=1S/C14H15IN2O4/c1-7(2)21-12-9(15)4-8(6-11(12)20-3)5-10-13(18)17-14(19)16-10/h4-7H,1-3H3,(H2,16,17,18,19). The van der Waals surface area contributed by atoms with Crippen molar-refractivity contribution in [3.63, 3.8) is 0 Å². The van der Waals surface area contributed by atoms with Gasteiger partial charge in [-0.2, -0.15) is 0 Å². The number of ether oxygens (including phenoxy) is 2. The van der Waals surface area contributed by atoms with E-state index in [1.807, 2.05) is 19.9 Å². The summed E-state index contributed by atoms with van der Waals surface area (Å²) in [6.45, 7) is 3.87. The Balaban J connectivity index is 2.38. The molecule has 0 aliphatic carbocycles. The van der Waals surface area contributed by atoms with Gasteiger partial charge in [0.05, 0.1) is 16.8 Å². The number of methoxy groups -OCH3 is 1. The average Bonchev–Trinajstić information content (AvgIpc) is 2.70. The fraction of sp³-hybridized carbons (Fsp3) is 0.286. The van der Waals surface area contributed by atoms with Crippen molar-refractivity contribution < 1.29 is 19.1 Å². The molecule has 2 N–H and O–H groups in total. The first-order valence-corrected chi connectivity index (χ1v) is 7.36. The van der Waals surface area contributed by atoms with Crippen LogP contribution in [0.25, 0.3) is 6.08 Å². The van der Waals surface area contributed by atoms with Crippen molar-refractivity contribution in [3.8, 4) is 11.5 Å². The molecule has 1 heterocycles. The molecular weight excluding hydrogens is 387 g/mol. The number of imide groups is 1. The van der Waals surface area contributed by atoms with Gasteiger partial charge >= 0.3 is 6.03 Å². The Kier molecular flexibility index (Phi) is 4.71. The summed E-state index contributed by atoms with van der Waals surface area (Å²) in [6, 6.07) is 3.09. The first kappa shape index (κ1) is 15.6. The molecule has 1 aromatic rings. The Hall–Kier alpha value is -1.77. The molecule has 0 atom stereocenters. The highest BCUT2D eigenvalue weighted by Crippen LogP contribution is 2.35. The van der Waals surface area contributed by atoms with E-state index in [0.717, 1.165) is 9.13 Å². The molecule has 0 saturated carbocycles. The van der Waals surface area contributed by atoms with Gasteiger partial charge < -0.3 is 14.8 Å². The van der Waals surface area contributed by atoms with Crippen molar-refractivity contribution in [1.29, 1.82) is 0 Å². The molecule has 0 unspecified atom stereocenters. The lowest BCUT2D eigenvalue weighted by atomic mass is 10.1. The molecule has 112 valence electrons. The molecule has 1 aromatic carbocycles. The summed E-state index contributed by atoms with van der Waals surface area (Å²) in [5, 5.41) is 4.60. The Labute approximate surface area is 136 Å². The zero-order chi connectivity index (χ0) is 15.6. The average molecular weight is 402 g/mol. The molecule has 21 heavy (non-hydrogen) atoms. The highest BCUT2D eigenvalue weighted by atomic mass is 127. The van der Waals surface area contributed by atoms with E-state index < -0.39 is 11.9 Å². The molecule has 1 aliphatic rings. The summed E-state index contributed by atoms with van der Waals surface area (Å²) in [5.41, 5.74) is 0.940. The highest BCUT2D eigenvalue weighted by Gasteiger charge is 2.23. The maximum Gasteiger partial charge on any atom is 0.326 e. The Morgan fingerprint density at radius 2 is 1.95 bits per heavy atom. The summed E-state index contributed by atoms with van der Waals surface area (Å²) >= 11 is 2.14. The monoisotopic (exact) mass is 402 g/mol. The summed E-state index contributed by atoms with van der Waals surface area (Å²) < 4.78 is 11.9. The predicted molar refractivity (Wildman–Crippen MR) is 86.1 cm³/mol. The van der Waals surface area contributed by atoms with Crippen molar-refractivity contribution in [3.05, 3.63) is 27.0 Å². The van der Waals surface area contributed by atoms with Gasteiger partial charge in [-0.3, -0.25) is 10.1 Å². The molecular formula is C14H15IN2O4. The van der Waals surface area contributed by atoms with Crippen molar-refractivity contribution in [2.45, 2.75) is 20.0 Å². The second-order valence-electron chi connectivity index (χ2n) is 4.67. The number of rotatable bonds is 4. The number of hydrogen-bond donors (Lipinski definition) is 2. The van der Waals surface area contributed by atoms with E-state index in [1.165, 1.54) is 0 Å². The molecule has 3 amide bonds. The van der Waals surface area contributed by atoms with Crippen molar-refractivity contribution in [2.24, 2.45) is 0 Å². The fourth-order valence-electron chi connectivity index (χ4n) is 1.82. The van der Waals surface area contributed by atoms with Crippen LogP contribution in [0.3, 0.4) is 0 Å². The van der Waals surface area contributed by atoms with E-state index in [2.05, 4.69) is 33.2 Å². The number of urea groups is 1. The van der Waals surface area contributed by atoms with Crippen LogP contribution >= 0.6 is 22.6 Å². The Morgan fingerprint density at radius 1 is 1.24 bits per heavy atom. The van der Waals surface area contributed by atoms with E-state index >= 15 is 0 Å². The van der Waals surface area contributed by atoms with Gasteiger partial charge in [-0.15, -0.1) is 0 Å². The number of hydrogen-bond acceptors (Lipinski definition) is 4. The van der Waals surface area contributed by atoms with Crippen LogP contribution < -0.4 is 20.1 Å². The number of nitrogens with one attached hydrogen (secondary N) is 2. The normalized spacial score (nSPS) is 16.1. The van der Waals surface area contributed by atoms with E-state index in [0.29, 0.717) is 11.5 Å². The van der Waals surface area contributed by atoms with Crippen LogP contribution in [0.1, 0.15) is 19.4 Å². The molecule has 1 aliphatic heterocycles. The second-order valence-corrected chi connectivity index (χ2v) is 5.83. The summed E-state index contributed by atoms with van der Waals surface area (Å²) in [4.78, 5) is 22.6. The molecule has 1 fully saturated rings. The van der Waals surface area contributed by atoms with Gasteiger partial charge in [-0.25, -0.2) is 4.79 Å². The van der Waals surface area contributed by atoms with E-state index in [-0.39, 0.29) is 11.8 Å². The van der Waals surface area contributed by atoms with E-state index in [4.69, 9.17) is 9.47 Å². The molecule has 6 nitrogen and oxygen atoms in total. The van der Waals surface area contributed by atoms with Crippen LogP contribution in [0, 0.1) is 3.57 Å². The number of benzene rings is 1. The molecule has 7 heteroatoms. The Bertz CT molecular complexity index is 626. The lowest BCUT2D eigenvalue weighted by molar-refractivity contribution is -0.115. The maximum absolute atomic E-state index is 11.5. The van der Waals surface area contributed by atoms with Crippen LogP contribution in [-0.2, 0) is 4.79 Å². The minimum Gasteiger partial charge on any atom is -0.493 e. The van der Waals surface area contributed by atoms with Crippen molar-refractivity contribution in [2.75, 3.05) is 7.11 Å². The van der Waals surface area contributed by atoms with Crippen molar-refractivity contribution in [1.82, 2.24) is 10.6 Å². The third kappa shape index (κ3) is 3.66. The summed E-state index contributed by atoms with van der Waals surface area (Å²) in [7, 11) is 1.56. The minimum absolute atomic E-state index is 0.0246. The predicted octanol–water partition coefficient (Wildman–Crippen LogP) is 2.27. The lowest BCUT2D eigenvalue weighted by Crippen LogP contribution is -2.22. The number of carbonyl (C=O) groups excluding carboxylic acids is 2. The molecule has 0 aromatic heterocycles. The maximum atomic E-state index is 11.5. The minimum atomic E-state index is -0.521. The zero-order valence-electron chi connectivity index (χ0n) is 11.8.